The third-order valence-corrected chi connectivity index (χ3v) is 1.58. The Labute approximate surface area is 74.7 Å². The quantitative estimate of drug-likeness (QED) is 0.564. The van der Waals surface area contributed by atoms with E-state index in [1.807, 2.05) is 0 Å². The van der Waals surface area contributed by atoms with E-state index in [9.17, 15) is 10.1 Å². The summed E-state index contributed by atoms with van der Waals surface area (Å²) in [5, 5.41) is 19.2. The van der Waals surface area contributed by atoms with Crippen molar-refractivity contribution in [2.24, 2.45) is 0 Å². The van der Waals surface area contributed by atoms with Gasteiger partial charge in [0.2, 0.25) is 0 Å². The minimum absolute atomic E-state index is 0.122. The molecule has 1 aromatic rings. The molecule has 1 rings (SSSR count). The fraction of sp³-hybridized carbons (Fsp3) is 0.125. The number of rotatable bonds is 3. The third kappa shape index (κ3) is 1.94. The zero-order valence-corrected chi connectivity index (χ0v) is 6.77. The topological polar surface area (TPSA) is 72.6 Å². The lowest BCUT2D eigenvalue weighted by Crippen LogP contribution is -1.95. The molecule has 0 bridgehead atoms. The number of nitrogens with zero attached hydrogens (tertiary/aromatic N) is 1. The molecule has 1 radical (unpaired) electrons. The molecule has 5 heteroatoms. The van der Waals surface area contributed by atoms with Crippen LogP contribution in [-0.4, -0.2) is 10.0 Å². The highest BCUT2D eigenvalue weighted by molar-refractivity contribution is 5.44. The average Bonchev–Trinajstić information content (AvgIpc) is 2.16. The van der Waals surface area contributed by atoms with Crippen LogP contribution >= 0.6 is 0 Å². The number of nitro groups is 1. The lowest BCUT2D eigenvalue weighted by atomic mass is 10.2. The molecule has 0 unspecified atom stereocenters. The van der Waals surface area contributed by atoms with E-state index in [1.54, 1.807) is 0 Å². The van der Waals surface area contributed by atoms with Crippen molar-refractivity contribution in [2.45, 2.75) is 6.61 Å². The second-order valence-electron chi connectivity index (χ2n) is 2.35. The molecule has 1 aromatic carbocycles. The van der Waals surface area contributed by atoms with Gasteiger partial charge in [-0.05, 0) is 12.1 Å². The maximum atomic E-state index is 10.4. The fourth-order valence-electron chi connectivity index (χ4n) is 0.956. The van der Waals surface area contributed by atoms with Crippen molar-refractivity contribution in [1.29, 1.82) is 0 Å². The molecule has 5 nitrogen and oxygen atoms in total. The van der Waals surface area contributed by atoms with Crippen molar-refractivity contribution >= 4 is 5.69 Å². The number of hydrogen-bond donors (Lipinski definition) is 1. The summed E-state index contributed by atoms with van der Waals surface area (Å²) in [5.41, 5.74) is 0.0921. The maximum absolute atomic E-state index is 10.4. The largest absolute Gasteiger partial charge is 0.490 e. The van der Waals surface area contributed by atoms with Crippen LogP contribution in [0.2, 0.25) is 0 Å². The van der Waals surface area contributed by atoms with E-state index < -0.39 is 11.5 Å². The van der Waals surface area contributed by atoms with Crippen LogP contribution in [0.15, 0.2) is 18.2 Å². The van der Waals surface area contributed by atoms with Crippen LogP contribution in [0.4, 0.5) is 5.69 Å². The van der Waals surface area contributed by atoms with Gasteiger partial charge in [-0.1, -0.05) is 0 Å². The van der Waals surface area contributed by atoms with Gasteiger partial charge in [-0.25, -0.2) is 0 Å². The van der Waals surface area contributed by atoms with Crippen LogP contribution in [0.25, 0.3) is 0 Å². The van der Waals surface area contributed by atoms with Crippen molar-refractivity contribution in [3.63, 3.8) is 0 Å². The first kappa shape index (κ1) is 9.47. The first-order chi connectivity index (χ1) is 6.19. The fourth-order valence-corrected chi connectivity index (χ4v) is 0.956. The van der Waals surface area contributed by atoms with Crippen molar-refractivity contribution in [1.82, 2.24) is 0 Å². The SMILES string of the molecule is [CH2]Oc1ccc([N+](=O)[O-])c(CO)c1. The van der Waals surface area contributed by atoms with Gasteiger partial charge in [0.1, 0.15) is 12.9 Å². The van der Waals surface area contributed by atoms with Gasteiger partial charge in [0.05, 0.1) is 17.1 Å². The van der Waals surface area contributed by atoms with Crippen molar-refractivity contribution in [3.05, 3.63) is 41.0 Å². The van der Waals surface area contributed by atoms with Crippen LogP contribution in [0.3, 0.4) is 0 Å². The molecule has 69 valence electrons. The molecule has 0 saturated heterocycles. The number of nitro benzene ring substituents is 1. The highest BCUT2D eigenvalue weighted by Crippen LogP contribution is 2.23. The highest BCUT2D eigenvalue weighted by Gasteiger charge is 2.12. The molecule has 0 aromatic heterocycles. The molecule has 0 aliphatic rings. The number of ether oxygens (including phenoxy) is 1. The highest BCUT2D eigenvalue weighted by atomic mass is 16.6. The van der Waals surface area contributed by atoms with Crippen LogP contribution in [0.5, 0.6) is 5.75 Å². The summed E-state index contributed by atoms with van der Waals surface area (Å²) in [6.45, 7) is -0.395. The molecular formula is C8H8NO4. The van der Waals surface area contributed by atoms with E-state index >= 15 is 0 Å². The van der Waals surface area contributed by atoms with Gasteiger partial charge in [0.25, 0.3) is 5.69 Å². The first-order valence-corrected chi connectivity index (χ1v) is 3.49. The molecule has 0 saturated carbocycles. The molecule has 0 spiro atoms. The number of benzene rings is 1. The molecule has 0 amide bonds. The lowest BCUT2D eigenvalue weighted by molar-refractivity contribution is -0.385. The van der Waals surface area contributed by atoms with Crippen LogP contribution in [-0.2, 0) is 6.61 Å². The zero-order valence-electron chi connectivity index (χ0n) is 6.77. The van der Waals surface area contributed by atoms with Gasteiger partial charge in [-0.15, -0.1) is 0 Å². The Balaban J connectivity index is 3.15. The Hall–Kier alpha value is -1.62. The van der Waals surface area contributed by atoms with E-state index in [-0.39, 0.29) is 11.3 Å². The third-order valence-electron chi connectivity index (χ3n) is 1.58. The Morgan fingerprint density at radius 1 is 1.62 bits per heavy atom. The summed E-state index contributed by atoms with van der Waals surface area (Å²) in [5.74, 6) is 0.384. The minimum Gasteiger partial charge on any atom is -0.490 e. The summed E-state index contributed by atoms with van der Waals surface area (Å²) in [7, 11) is 3.15. The molecule has 0 fully saturated rings. The van der Waals surface area contributed by atoms with Gasteiger partial charge in [-0.2, -0.15) is 0 Å². The number of hydrogen-bond acceptors (Lipinski definition) is 4. The van der Waals surface area contributed by atoms with Crippen molar-refractivity contribution in [3.8, 4) is 5.75 Å². The van der Waals surface area contributed by atoms with Crippen LogP contribution in [0, 0.1) is 17.2 Å². The van der Waals surface area contributed by atoms with Gasteiger partial charge in [-0.3, -0.25) is 10.1 Å². The summed E-state index contributed by atoms with van der Waals surface area (Å²) in [6.07, 6.45) is 0. The molecule has 13 heavy (non-hydrogen) atoms. The standard InChI is InChI=1S/C8H8NO4/c1-13-7-2-3-8(9(11)12)6(4-7)5-10/h2-4,10H,1,5H2. The predicted octanol–water partition coefficient (Wildman–Crippen LogP) is 1.26. The van der Waals surface area contributed by atoms with Crippen LogP contribution in [0.1, 0.15) is 5.56 Å². The monoisotopic (exact) mass is 182 g/mol. The molecule has 1 N–H and O–H groups in total. The minimum atomic E-state index is -0.557. The van der Waals surface area contributed by atoms with Gasteiger partial charge >= 0.3 is 0 Å². The number of aliphatic hydroxyl groups is 1. The van der Waals surface area contributed by atoms with Crippen molar-refractivity contribution < 1.29 is 14.8 Å². The average molecular weight is 182 g/mol. The van der Waals surface area contributed by atoms with E-state index in [2.05, 4.69) is 11.8 Å². The van der Waals surface area contributed by atoms with E-state index in [1.165, 1.54) is 18.2 Å². The van der Waals surface area contributed by atoms with E-state index in [0.29, 0.717) is 5.75 Å². The predicted molar refractivity (Wildman–Crippen MR) is 45.0 cm³/mol. The number of aliphatic hydroxyl groups excluding tert-OH is 1. The Kier molecular flexibility index (Phi) is 2.81. The normalized spacial score (nSPS) is 9.69. The lowest BCUT2D eigenvalue weighted by Gasteiger charge is -2.02. The molecule has 0 aliphatic carbocycles. The smallest absolute Gasteiger partial charge is 0.275 e. The maximum Gasteiger partial charge on any atom is 0.275 e. The Morgan fingerprint density at radius 3 is 2.77 bits per heavy atom. The molecule has 0 aliphatic heterocycles. The summed E-state index contributed by atoms with van der Waals surface area (Å²) < 4.78 is 4.61. The Bertz CT molecular complexity index is 324. The summed E-state index contributed by atoms with van der Waals surface area (Å²) in [6, 6.07) is 4.07. The summed E-state index contributed by atoms with van der Waals surface area (Å²) in [4.78, 5) is 9.86. The Morgan fingerprint density at radius 2 is 2.31 bits per heavy atom. The van der Waals surface area contributed by atoms with E-state index in [4.69, 9.17) is 5.11 Å². The second-order valence-corrected chi connectivity index (χ2v) is 2.35. The van der Waals surface area contributed by atoms with Crippen LogP contribution < -0.4 is 4.74 Å². The molecule has 0 heterocycles. The second kappa shape index (κ2) is 3.86. The van der Waals surface area contributed by atoms with Crippen molar-refractivity contribution in [2.75, 3.05) is 0 Å². The molecular weight excluding hydrogens is 174 g/mol. The van der Waals surface area contributed by atoms with E-state index in [0.717, 1.165) is 0 Å². The van der Waals surface area contributed by atoms with Gasteiger partial charge in [0.15, 0.2) is 0 Å². The summed E-state index contributed by atoms with van der Waals surface area (Å²) >= 11 is 0. The molecule has 0 atom stereocenters. The first-order valence-electron chi connectivity index (χ1n) is 3.49. The van der Waals surface area contributed by atoms with Gasteiger partial charge < -0.3 is 9.84 Å². The van der Waals surface area contributed by atoms with Gasteiger partial charge in [0, 0.05) is 6.07 Å². The zero-order chi connectivity index (χ0) is 9.84.